The summed E-state index contributed by atoms with van der Waals surface area (Å²) in [6, 6.07) is 0. The fourth-order valence-electron chi connectivity index (χ4n) is 2.55. The molecule has 0 bridgehead atoms. The van der Waals surface area contributed by atoms with Gasteiger partial charge in [-0.15, -0.1) is 0 Å². The molecule has 0 amide bonds. The highest BCUT2D eigenvalue weighted by Gasteiger charge is 2.46. The SMILES string of the molecule is CC(=O)O[Si](C)(C)O[Si](C)(C)O[Si](C)(C)O[Si](C)(C)OC(C)=O. The molecule has 11 heteroatoms. The second-order valence-electron chi connectivity index (χ2n) is 7.09. The van der Waals surface area contributed by atoms with E-state index < -0.39 is 34.2 Å². The molecule has 7 nitrogen and oxygen atoms in total. The Balaban J connectivity index is 4.92. The molecule has 0 aromatic heterocycles. The molecule has 0 spiro atoms. The van der Waals surface area contributed by atoms with Gasteiger partial charge < -0.3 is 21.2 Å². The molecule has 0 aliphatic heterocycles. The topological polar surface area (TPSA) is 80.3 Å². The molecule has 0 saturated heterocycles. The lowest BCUT2D eigenvalue weighted by atomic mass is 10.9. The van der Waals surface area contributed by atoms with E-state index in [-0.39, 0.29) is 11.9 Å². The van der Waals surface area contributed by atoms with Crippen molar-refractivity contribution in [2.45, 2.75) is 66.2 Å². The predicted octanol–water partition coefficient (Wildman–Crippen LogP) is 2.97. The van der Waals surface area contributed by atoms with Crippen molar-refractivity contribution in [2.75, 3.05) is 0 Å². The smallest absolute Gasteiger partial charge is 0.386 e. The Labute approximate surface area is 143 Å². The summed E-state index contributed by atoms with van der Waals surface area (Å²) in [6.07, 6.45) is 0. The van der Waals surface area contributed by atoms with Gasteiger partial charge in [0.15, 0.2) is 0 Å². The van der Waals surface area contributed by atoms with Crippen LogP contribution in [0.25, 0.3) is 0 Å². The fourth-order valence-corrected chi connectivity index (χ4v) is 19.6. The van der Waals surface area contributed by atoms with E-state index in [2.05, 4.69) is 0 Å². The van der Waals surface area contributed by atoms with Gasteiger partial charge in [0.2, 0.25) is 0 Å². The first kappa shape index (κ1) is 22.7. The molecule has 0 radical (unpaired) electrons. The van der Waals surface area contributed by atoms with Crippen molar-refractivity contribution in [3.05, 3.63) is 0 Å². The molecular weight excluding hydrogens is 368 g/mol. The zero-order chi connectivity index (χ0) is 18.7. The monoisotopic (exact) mass is 398 g/mol. The Morgan fingerprint density at radius 2 is 0.739 bits per heavy atom. The van der Waals surface area contributed by atoms with Gasteiger partial charge in [0.1, 0.15) is 0 Å². The first-order valence-electron chi connectivity index (χ1n) is 7.45. The van der Waals surface area contributed by atoms with Crippen LogP contribution in [0.2, 0.25) is 52.4 Å². The predicted molar refractivity (Wildman–Crippen MR) is 96.7 cm³/mol. The summed E-state index contributed by atoms with van der Waals surface area (Å²) in [5.74, 6) is -0.717. The first-order valence-corrected chi connectivity index (χ1v) is 18.7. The highest BCUT2D eigenvalue weighted by molar-refractivity contribution is 6.87. The molecular formula is C12H30O7Si4. The van der Waals surface area contributed by atoms with E-state index in [1.165, 1.54) is 13.8 Å². The maximum absolute atomic E-state index is 11.2. The standard InChI is InChI=1S/C12H30O7Si4/c1-11(13)15-20(3,4)17-22(7,8)19-23(9,10)18-21(5,6)16-12(2)14/h1-10H3. The van der Waals surface area contributed by atoms with Crippen molar-refractivity contribution in [1.82, 2.24) is 0 Å². The largest absolute Gasteiger partial charge is 0.495 e. The van der Waals surface area contributed by atoms with Crippen molar-refractivity contribution < 1.29 is 30.8 Å². The van der Waals surface area contributed by atoms with Crippen LogP contribution >= 0.6 is 0 Å². The lowest BCUT2D eigenvalue weighted by molar-refractivity contribution is -0.134. The molecule has 0 saturated carbocycles. The molecule has 0 aliphatic rings. The normalized spacial score (nSPS) is 13.7. The molecule has 0 rings (SSSR count). The van der Waals surface area contributed by atoms with Crippen molar-refractivity contribution in [3.8, 4) is 0 Å². The van der Waals surface area contributed by atoms with Crippen molar-refractivity contribution in [3.63, 3.8) is 0 Å². The minimum absolute atomic E-state index is 0.359. The first-order chi connectivity index (χ1) is 9.95. The maximum atomic E-state index is 11.2. The number of carbonyl (C=O) groups is 2. The van der Waals surface area contributed by atoms with E-state index >= 15 is 0 Å². The highest BCUT2D eigenvalue weighted by Crippen LogP contribution is 2.24. The van der Waals surface area contributed by atoms with Gasteiger partial charge in [-0.25, -0.2) is 0 Å². The van der Waals surface area contributed by atoms with Crippen molar-refractivity contribution in [1.29, 1.82) is 0 Å². The van der Waals surface area contributed by atoms with E-state index in [1.807, 2.05) is 26.2 Å². The molecule has 0 unspecified atom stereocenters. The van der Waals surface area contributed by atoms with E-state index in [1.54, 1.807) is 26.2 Å². The van der Waals surface area contributed by atoms with E-state index in [9.17, 15) is 9.59 Å². The summed E-state index contributed by atoms with van der Waals surface area (Å²) in [5.41, 5.74) is 0. The van der Waals surface area contributed by atoms with E-state index in [0.717, 1.165) is 0 Å². The van der Waals surface area contributed by atoms with Crippen LogP contribution in [-0.2, 0) is 30.8 Å². The average Bonchev–Trinajstić information content (AvgIpc) is 2.02. The average molecular weight is 399 g/mol. The third-order valence-electron chi connectivity index (χ3n) is 2.25. The van der Waals surface area contributed by atoms with Gasteiger partial charge in [0.25, 0.3) is 11.9 Å². The van der Waals surface area contributed by atoms with Crippen LogP contribution in [0.5, 0.6) is 0 Å². The van der Waals surface area contributed by atoms with Gasteiger partial charge in [0.05, 0.1) is 0 Å². The quantitative estimate of drug-likeness (QED) is 0.581. The van der Waals surface area contributed by atoms with Crippen LogP contribution in [0, 0.1) is 0 Å². The molecule has 0 aromatic carbocycles. The van der Waals surface area contributed by atoms with Crippen LogP contribution in [0.3, 0.4) is 0 Å². The summed E-state index contributed by atoms with van der Waals surface area (Å²) in [5, 5.41) is 0. The summed E-state index contributed by atoms with van der Waals surface area (Å²) in [6.45, 7) is 17.5. The van der Waals surface area contributed by atoms with Gasteiger partial charge in [0, 0.05) is 13.8 Å². The Morgan fingerprint density at radius 3 is 0.957 bits per heavy atom. The highest BCUT2D eigenvalue weighted by atomic mass is 28.5. The minimum atomic E-state index is -2.61. The number of hydrogen-bond acceptors (Lipinski definition) is 7. The van der Waals surface area contributed by atoms with Gasteiger partial charge in [-0.1, -0.05) is 0 Å². The van der Waals surface area contributed by atoms with Crippen LogP contribution < -0.4 is 0 Å². The van der Waals surface area contributed by atoms with Crippen LogP contribution in [0.4, 0.5) is 0 Å². The number of carbonyl (C=O) groups excluding carboxylic acids is 2. The lowest BCUT2D eigenvalue weighted by Crippen LogP contribution is -2.57. The summed E-state index contributed by atoms with van der Waals surface area (Å²) in [4.78, 5) is 22.3. The fraction of sp³-hybridized carbons (Fsp3) is 0.833. The van der Waals surface area contributed by atoms with Gasteiger partial charge in [-0.2, -0.15) is 0 Å². The maximum Gasteiger partial charge on any atom is 0.386 e. The Hall–Kier alpha value is -0.312. The third-order valence-corrected chi connectivity index (χ3v) is 15.6. The van der Waals surface area contributed by atoms with Gasteiger partial charge >= 0.3 is 34.2 Å². The Morgan fingerprint density at radius 1 is 0.522 bits per heavy atom. The number of hydrogen-bond donors (Lipinski definition) is 0. The molecule has 0 atom stereocenters. The zero-order valence-corrected chi connectivity index (χ0v) is 19.9. The van der Waals surface area contributed by atoms with Gasteiger partial charge in [-0.05, 0) is 52.4 Å². The summed E-state index contributed by atoms with van der Waals surface area (Å²) < 4.78 is 28.8. The molecule has 0 N–H and O–H groups in total. The molecule has 23 heavy (non-hydrogen) atoms. The second kappa shape index (κ2) is 7.71. The van der Waals surface area contributed by atoms with Crippen LogP contribution in [0.15, 0.2) is 0 Å². The molecule has 0 aromatic rings. The number of rotatable bonds is 8. The molecule has 0 fully saturated rings. The van der Waals surface area contributed by atoms with E-state index in [4.69, 9.17) is 21.2 Å². The zero-order valence-electron chi connectivity index (χ0n) is 15.9. The van der Waals surface area contributed by atoms with Gasteiger partial charge in [-0.3, -0.25) is 9.59 Å². The summed E-state index contributed by atoms with van der Waals surface area (Å²) in [7, 11) is -10.4. The third kappa shape index (κ3) is 11.0. The minimum Gasteiger partial charge on any atom is -0.495 e. The summed E-state index contributed by atoms with van der Waals surface area (Å²) >= 11 is 0. The molecule has 136 valence electrons. The van der Waals surface area contributed by atoms with Crippen LogP contribution in [0.1, 0.15) is 13.8 Å². The Bertz CT molecular complexity index is 409. The Kier molecular flexibility index (Phi) is 7.61. The molecule has 0 heterocycles. The van der Waals surface area contributed by atoms with Crippen molar-refractivity contribution >= 4 is 46.2 Å². The van der Waals surface area contributed by atoms with Crippen molar-refractivity contribution in [2.24, 2.45) is 0 Å². The van der Waals surface area contributed by atoms with E-state index in [0.29, 0.717) is 0 Å². The lowest BCUT2D eigenvalue weighted by Gasteiger charge is -2.39. The van der Waals surface area contributed by atoms with Crippen LogP contribution in [-0.4, -0.2) is 46.2 Å². The second-order valence-corrected chi connectivity index (χ2v) is 21.1. The molecule has 0 aliphatic carbocycles.